The van der Waals surface area contributed by atoms with Crippen molar-refractivity contribution in [1.82, 2.24) is 4.98 Å². The van der Waals surface area contributed by atoms with Crippen LogP contribution in [0.4, 0.5) is 0 Å². The molecule has 1 aromatic heterocycles. The van der Waals surface area contributed by atoms with Crippen molar-refractivity contribution < 1.29 is 34.7 Å². The largest absolute Gasteiger partial charge is 1.00 e. The van der Waals surface area contributed by atoms with Gasteiger partial charge >= 0.3 is 29.6 Å². The maximum atomic E-state index is 10.3. The van der Waals surface area contributed by atoms with Crippen molar-refractivity contribution in [2.75, 3.05) is 0 Å². The first-order valence-corrected chi connectivity index (χ1v) is 3.96. The summed E-state index contributed by atoms with van der Waals surface area (Å²) < 4.78 is 0. The van der Waals surface area contributed by atoms with Gasteiger partial charge in [-0.15, -0.1) is 5.75 Å². The monoisotopic (exact) mass is 195 g/mol. The molecule has 0 atom stereocenters. The summed E-state index contributed by atoms with van der Waals surface area (Å²) in [6.45, 7) is 0. The van der Waals surface area contributed by atoms with E-state index in [1.54, 1.807) is 24.5 Å². The fourth-order valence-electron chi connectivity index (χ4n) is 0.733. The Morgan fingerprint density at radius 2 is 1.29 bits per heavy atom. The minimum absolute atomic E-state index is 0. The van der Waals surface area contributed by atoms with Gasteiger partial charge in [0.15, 0.2) is 0 Å². The van der Waals surface area contributed by atoms with Gasteiger partial charge in [0.2, 0.25) is 0 Å². The second-order valence-corrected chi connectivity index (χ2v) is 2.34. The molecule has 2 aromatic rings. The van der Waals surface area contributed by atoms with Crippen LogP contribution in [-0.4, -0.2) is 4.98 Å². The van der Waals surface area contributed by atoms with E-state index in [1.807, 2.05) is 24.3 Å². The molecule has 0 radical (unpaired) electrons. The van der Waals surface area contributed by atoms with E-state index in [2.05, 4.69) is 4.98 Å². The molecule has 1 heterocycles. The predicted octanol–water partition coefficient (Wildman–Crippen LogP) is -1.15. The van der Waals surface area contributed by atoms with Gasteiger partial charge in [-0.25, -0.2) is 0 Å². The number of para-hydroxylation sites is 1. The zero-order valence-corrected chi connectivity index (χ0v) is 10.1. The van der Waals surface area contributed by atoms with Gasteiger partial charge < -0.3 is 5.11 Å². The zero-order valence-electron chi connectivity index (χ0n) is 8.13. The molecule has 0 bridgehead atoms. The molecule has 14 heavy (non-hydrogen) atoms. The van der Waals surface area contributed by atoms with Gasteiger partial charge in [0, 0.05) is 12.4 Å². The summed E-state index contributed by atoms with van der Waals surface area (Å²) >= 11 is 0. The Hall–Kier alpha value is -0.830. The van der Waals surface area contributed by atoms with Crippen LogP contribution in [0.1, 0.15) is 0 Å². The van der Waals surface area contributed by atoms with Gasteiger partial charge in [0.25, 0.3) is 0 Å². The first-order valence-electron chi connectivity index (χ1n) is 3.96. The van der Waals surface area contributed by atoms with Gasteiger partial charge in [0.05, 0.1) is 0 Å². The van der Waals surface area contributed by atoms with Crippen LogP contribution in [0.25, 0.3) is 0 Å². The molecule has 2 rings (SSSR count). The Labute approximate surface area is 106 Å². The molecular weight excluding hydrogens is 185 g/mol. The second-order valence-electron chi connectivity index (χ2n) is 2.34. The first kappa shape index (κ1) is 13.2. The summed E-state index contributed by atoms with van der Waals surface area (Å²) in [4.78, 5) is 3.78. The van der Waals surface area contributed by atoms with Crippen LogP contribution >= 0.6 is 0 Å². The summed E-state index contributed by atoms with van der Waals surface area (Å²) in [7, 11) is 0. The molecule has 0 saturated carbocycles. The van der Waals surface area contributed by atoms with Crippen LogP contribution in [0, 0.1) is 0 Å². The topological polar surface area (TPSA) is 36.0 Å². The number of hydrogen-bond donors (Lipinski definition) is 0. The van der Waals surface area contributed by atoms with Crippen molar-refractivity contribution in [3.63, 3.8) is 0 Å². The molecule has 0 spiro atoms. The summed E-state index contributed by atoms with van der Waals surface area (Å²) in [5, 5.41) is 10.3. The van der Waals surface area contributed by atoms with Crippen molar-refractivity contribution in [2.24, 2.45) is 0 Å². The number of rotatable bonds is 0. The van der Waals surface area contributed by atoms with E-state index in [0.717, 1.165) is 0 Å². The predicted molar refractivity (Wildman–Crippen MR) is 50.1 cm³/mol. The Morgan fingerprint density at radius 3 is 1.50 bits per heavy atom. The zero-order chi connectivity index (χ0) is 9.36. The fraction of sp³-hybridized carbons (Fsp3) is 0. The molecule has 0 aliphatic carbocycles. The number of hydrogen-bond acceptors (Lipinski definition) is 2. The van der Waals surface area contributed by atoms with Crippen molar-refractivity contribution in [3.05, 3.63) is 60.9 Å². The summed E-state index contributed by atoms with van der Waals surface area (Å²) in [5.74, 6) is 0.0718. The molecule has 3 heteroatoms. The fourth-order valence-corrected chi connectivity index (χ4v) is 0.733. The normalized spacial score (nSPS) is 7.71. The van der Waals surface area contributed by atoms with E-state index in [9.17, 15) is 5.11 Å². The molecule has 0 saturated heterocycles. The Balaban J connectivity index is 0.000000227. The molecule has 0 aliphatic rings. The summed E-state index contributed by atoms with van der Waals surface area (Å²) in [5.41, 5.74) is 0. The van der Waals surface area contributed by atoms with Crippen LogP contribution < -0.4 is 34.7 Å². The SMILES string of the molecule is [Na+].[O-]c1ccccc1.c1ccncc1. The van der Waals surface area contributed by atoms with Crippen molar-refractivity contribution in [2.45, 2.75) is 0 Å². The molecule has 0 aliphatic heterocycles. The number of aromatic nitrogens is 1. The third-order valence-electron chi connectivity index (χ3n) is 1.31. The van der Waals surface area contributed by atoms with E-state index in [4.69, 9.17) is 0 Å². The molecule has 0 unspecified atom stereocenters. The minimum atomic E-state index is 0. The smallest absolute Gasteiger partial charge is 0.872 e. The van der Waals surface area contributed by atoms with E-state index in [-0.39, 0.29) is 35.3 Å². The molecule has 2 nitrogen and oxygen atoms in total. The van der Waals surface area contributed by atoms with Crippen LogP contribution in [0.3, 0.4) is 0 Å². The minimum Gasteiger partial charge on any atom is -0.872 e. The number of pyridine rings is 1. The Morgan fingerprint density at radius 1 is 0.786 bits per heavy atom. The molecule has 0 amide bonds. The van der Waals surface area contributed by atoms with E-state index in [0.29, 0.717) is 0 Å². The number of nitrogens with zero attached hydrogens (tertiary/aromatic N) is 1. The third-order valence-corrected chi connectivity index (χ3v) is 1.31. The van der Waals surface area contributed by atoms with Gasteiger partial charge in [-0.05, 0) is 12.1 Å². The van der Waals surface area contributed by atoms with Crippen molar-refractivity contribution >= 4 is 0 Å². The second kappa shape index (κ2) is 8.75. The maximum Gasteiger partial charge on any atom is 1.00 e. The molecule has 66 valence electrons. The maximum absolute atomic E-state index is 10.3. The van der Waals surface area contributed by atoms with Gasteiger partial charge in [-0.1, -0.05) is 36.4 Å². The van der Waals surface area contributed by atoms with E-state index < -0.39 is 0 Å². The quantitative estimate of drug-likeness (QED) is 0.497. The molecule has 1 aromatic carbocycles. The average Bonchev–Trinajstić information content (AvgIpc) is 2.22. The van der Waals surface area contributed by atoms with E-state index >= 15 is 0 Å². The van der Waals surface area contributed by atoms with Crippen molar-refractivity contribution in [3.8, 4) is 5.75 Å². The van der Waals surface area contributed by atoms with Gasteiger partial charge in [-0.2, -0.15) is 0 Å². The van der Waals surface area contributed by atoms with Gasteiger partial charge in [0.1, 0.15) is 0 Å². The van der Waals surface area contributed by atoms with Crippen LogP contribution in [0.5, 0.6) is 5.75 Å². The average molecular weight is 195 g/mol. The first-order chi connectivity index (χ1) is 6.39. The Bertz CT molecular complexity index is 286. The third kappa shape index (κ3) is 6.66. The van der Waals surface area contributed by atoms with Crippen LogP contribution in [0.15, 0.2) is 60.9 Å². The Kier molecular flexibility index (Phi) is 8.24. The van der Waals surface area contributed by atoms with Crippen LogP contribution in [0.2, 0.25) is 0 Å². The van der Waals surface area contributed by atoms with Gasteiger partial charge in [-0.3, -0.25) is 4.98 Å². The standard InChI is InChI=1S/C6H6O.C5H5N.Na/c7-6-4-2-1-3-5-6;1-2-4-6-5-3-1;/h1-5,7H;1-5H;/q;;+1/p-1. The number of benzene rings is 1. The van der Waals surface area contributed by atoms with Crippen molar-refractivity contribution in [1.29, 1.82) is 0 Å². The molecule has 0 fully saturated rings. The van der Waals surface area contributed by atoms with E-state index in [1.165, 1.54) is 12.1 Å². The molecular formula is C11H10NNaO. The molecule has 0 N–H and O–H groups in total. The summed E-state index contributed by atoms with van der Waals surface area (Å²) in [6, 6.07) is 14.0. The summed E-state index contributed by atoms with van der Waals surface area (Å²) in [6.07, 6.45) is 3.50. The van der Waals surface area contributed by atoms with Crippen LogP contribution in [-0.2, 0) is 0 Å².